The maximum absolute atomic E-state index is 13.0. The fraction of sp³-hybridized carbons (Fsp3) is 0.667. The predicted octanol–water partition coefficient (Wildman–Crippen LogP) is 0.751. The molecule has 0 aliphatic carbocycles. The van der Waals surface area contributed by atoms with Crippen LogP contribution in [0.1, 0.15) is 26.0 Å². The van der Waals surface area contributed by atoms with Crippen LogP contribution in [0.3, 0.4) is 0 Å². The van der Waals surface area contributed by atoms with Gasteiger partial charge in [0, 0.05) is 44.0 Å². The molecule has 2 aliphatic heterocycles. The molecule has 1 N–H and O–H groups in total. The zero-order valence-electron chi connectivity index (χ0n) is 17.8. The van der Waals surface area contributed by atoms with Gasteiger partial charge in [-0.05, 0) is 52.4 Å². The second kappa shape index (κ2) is 9.17. The number of nitrogens with one attached hydrogen (secondary N) is 1. The van der Waals surface area contributed by atoms with Crippen LogP contribution in [-0.4, -0.2) is 89.9 Å². The van der Waals surface area contributed by atoms with E-state index in [-0.39, 0.29) is 36.4 Å². The van der Waals surface area contributed by atoms with E-state index >= 15 is 0 Å². The zero-order chi connectivity index (χ0) is 21.1. The van der Waals surface area contributed by atoms with Crippen LogP contribution < -0.4 is 5.32 Å². The summed E-state index contributed by atoms with van der Waals surface area (Å²) in [5.41, 5.74) is 0.576. The molecule has 2 aliphatic rings. The van der Waals surface area contributed by atoms with Gasteiger partial charge in [-0.2, -0.15) is 0 Å². The summed E-state index contributed by atoms with van der Waals surface area (Å²) in [5, 5.41) is 3.06. The molecule has 0 unspecified atom stereocenters. The Morgan fingerprint density at radius 3 is 2.69 bits per heavy atom. The Morgan fingerprint density at radius 2 is 2.07 bits per heavy atom. The number of carbonyl (C=O) groups is 2. The van der Waals surface area contributed by atoms with Crippen molar-refractivity contribution in [3.8, 4) is 0 Å². The van der Waals surface area contributed by atoms with Crippen LogP contribution in [0, 0.1) is 11.7 Å². The third-order valence-electron chi connectivity index (χ3n) is 5.91. The third kappa shape index (κ3) is 5.11. The van der Waals surface area contributed by atoms with Crippen LogP contribution in [0.15, 0.2) is 18.3 Å². The number of nitrogens with zero attached hydrogens (tertiary/aromatic N) is 4. The first-order chi connectivity index (χ1) is 13.8. The normalized spacial score (nSPS) is 24.4. The molecule has 2 saturated heterocycles. The quantitative estimate of drug-likeness (QED) is 0.725. The first kappa shape index (κ1) is 21.6. The highest BCUT2D eigenvalue weighted by Crippen LogP contribution is 2.37. The number of rotatable bonds is 7. The van der Waals surface area contributed by atoms with Crippen LogP contribution >= 0.6 is 0 Å². The van der Waals surface area contributed by atoms with Crippen molar-refractivity contribution in [3.05, 3.63) is 29.8 Å². The molecule has 8 heteroatoms. The second-order valence-corrected chi connectivity index (χ2v) is 8.66. The number of hydrogen-bond acceptors (Lipinski definition) is 5. The summed E-state index contributed by atoms with van der Waals surface area (Å²) in [4.78, 5) is 35.7. The van der Waals surface area contributed by atoms with Crippen molar-refractivity contribution in [2.45, 2.75) is 44.8 Å². The Hall–Kier alpha value is -2.06. The molecule has 2 amide bonds. The van der Waals surface area contributed by atoms with E-state index in [4.69, 9.17) is 0 Å². The van der Waals surface area contributed by atoms with E-state index in [1.807, 2.05) is 23.9 Å². The lowest BCUT2D eigenvalue weighted by Gasteiger charge is -2.33. The molecular formula is C21H32FN5O2. The van der Waals surface area contributed by atoms with Gasteiger partial charge in [0.15, 0.2) is 0 Å². The first-order valence-electron chi connectivity index (χ1n) is 10.3. The predicted molar refractivity (Wildman–Crippen MR) is 109 cm³/mol. The average Bonchev–Trinajstić information content (AvgIpc) is 3.20. The molecule has 0 saturated carbocycles. The average molecular weight is 406 g/mol. The highest BCUT2D eigenvalue weighted by atomic mass is 19.1. The van der Waals surface area contributed by atoms with Crippen molar-refractivity contribution < 1.29 is 14.0 Å². The minimum atomic E-state index is -0.403. The number of halogens is 1. The molecule has 3 heterocycles. The van der Waals surface area contributed by atoms with Gasteiger partial charge in [0.2, 0.25) is 11.8 Å². The van der Waals surface area contributed by atoms with Crippen molar-refractivity contribution in [3.63, 3.8) is 0 Å². The van der Waals surface area contributed by atoms with Crippen LogP contribution in [0.5, 0.6) is 0 Å². The summed E-state index contributed by atoms with van der Waals surface area (Å²) in [5.74, 6) is -0.0101. The number of aromatic nitrogens is 1. The third-order valence-corrected chi connectivity index (χ3v) is 5.91. The molecule has 0 bridgehead atoms. The minimum absolute atomic E-state index is 0.00852. The van der Waals surface area contributed by atoms with Crippen LogP contribution in [0.25, 0.3) is 0 Å². The molecule has 3 atom stereocenters. The van der Waals surface area contributed by atoms with Gasteiger partial charge >= 0.3 is 0 Å². The SMILES string of the molecule is CC(C)N1[C@H](C(=O)NCCN(C)C)C[C@@H]2CN(C(=O)Cc3ccc(F)cn3)C[C@@H]21. The van der Waals surface area contributed by atoms with E-state index in [9.17, 15) is 14.0 Å². The van der Waals surface area contributed by atoms with Gasteiger partial charge in [0.05, 0.1) is 18.7 Å². The molecule has 1 aromatic rings. The van der Waals surface area contributed by atoms with Gasteiger partial charge < -0.3 is 15.1 Å². The summed E-state index contributed by atoms with van der Waals surface area (Å²) in [6.45, 7) is 6.95. The van der Waals surface area contributed by atoms with E-state index in [1.54, 1.807) is 6.07 Å². The first-order valence-corrected chi connectivity index (χ1v) is 10.3. The molecule has 3 rings (SSSR count). The van der Waals surface area contributed by atoms with Crippen LogP contribution in [-0.2, 0) is 16.0 Å². The Kier molecular flexibility index (Phi) is 6.85. The number of carbonyl (C=O) groups excluding carboxylic acids is 2. The van der Waals surface area contributed by atoms with E-state index in [0.717, 1.165) is 19.2 Å². The maximum Gasteiger partial charge on any atom is 0.237 e. The van der Waals surface area contributed by atoms with Gasteiger partial charge in [-0.3, -0.25) is 19.5 Å². The molecule has 0 radical (unpaired) electrons. The largest absolute Gasteiger partial charge is 0.353 e. The summed E-state index contributed by atoms with van der Waals surface area (Å²) in [6, 6.07) is 3.17. The van der Waals surface area contributed by atoms with E-state index < -0.39 is 5.82 Å². The minimum Gasteiger partial charge on any atom is -0.353 e. The Labute approximate surface area is 172 Å². The standard InChI is InChI=1S/C21H32FN5O2/c1-14(2)27-18(21(29)23-7-8-25(3)4)9-15-12-26(13-19(15)27)20(28)10-17-6-5-16(22)11-24-17/h5-6,11,14-15,18-19H,7-10,12-13H2,1-4H3,(H,23,29)/t15-,18+,19+/m1/s1. The van der Waals surface area contributed by atoms with E-state index in [2.05, 4.69) is 29.0 Å². The van der Waals surface area contributed by atoms with E-state index in [0.29, 0.717) is 31.2 Å². The number of amides is 2. The lowest BCUT2D eigenvalue weighted by molar-refractivity contribution is -0.130. The highest BCUT2D eigenvalue weighted by Gasteiger charge is 2.50. The Bertz CT molecular complexity index is 724. The van der Waals surface area contributed by atoms with Gasteiger partial charge in [-0.25, -0.2) is 4.39 Å². The monoisotopic (exact) mass is 405 g/mol. The van der Waals surface area contributed by atoms with Crippen molar-refractivity contribution in [1.82, 2.24) is 25.0 Å². The Morgan fingerprint density at radius 1 is 1.31 bits per heavy atom. The number of hydrogen-bond donors (Lipinski definition) is 1. The molecule has 160 valence electrons. The molecule has 2 fully saturated rings. The molecule has 29 heavy (non-hydrogen) atoms. The fourth-order valence-corrected chi connectivity index (χ4v) is 4.55. The van der Waals surface area contributed by atoms with Gasteiger partial charge in [0.1, 0.15) is 5.82 Å². The van der Waals surface area contributed by atoms with Crippen LogP contribution in [0.4, 0.5) is 4.39 Å². The van der Waals surface area contributed by atoms with Crippen molar-refractivity contribution in [1.29, 1.82) is 0 Å². The lowest BCUT2D eigenvalue weighted by Crippen LogP contribution is -2.51. The number of pyridine rings is 1. The number of likely N-dealkylation sites (tertiary alicyclic amines) is 2. The van der Waals surface area contributed by atoms with Crippen molar-refractivity contribution in [2.75, 3.05) is 40.3 Å². The molecule has 1 aromatic heterocycles. The topological polar surface area (TPSA) is 68.8 Å². The van der Waals surface area contributed by atoms with Crippen molar-refractivity contribution >= 4 is 11.8 Å². The summed E-state index contributed by atoms with van der Waals surface area (Å²) >= 11 is 0. The van der Waals surface area contributed by atoms with Gasteiger partial charge in [0.25, 0.3) is 0 Å². The summed E-state index contributed by atoms with van der Waals surface area (Å²) < 4.78 is 13.0. The van der Waals surface area contributed by atoms with E-state index in [1.165, 1.54) is 6.07 Å². The van der Waals surface area contributed by atoms with Gasteiger partial charge in [-0.1, -0.05) is 0 Å². The molecule has 0 spiro atoms. The Balaban J connectivity index is 1.59. The molecule has 0 aromatic carbocycles. The zero-order valence-corrected chi connectivity index (χ0v) is 17.8. The molecule has 7 nitrogen and oxygen atoms in total. The number of fused-ring (bicyclic) bond motifs is 1. The fourth-order valence-electron chi connectivity index (χ4n) is 4.55. The summed E-state index contributed by atoms with van der Waals surface area (Å²) in [7, 11) is 3.97. The lowest BCUT2D eigenvalue weighted by atomic mass is 10.0. The highest BCUT2D eigenvalue weighted by molar-refractivity contribution is 5.83. The smallest absolute Gasteiger partial charge is 0.237 e. The second-order valence-electron chi connectivity index (χ2n) is 8.66. The van der Waals surface area contributed by atoms with Crippen LogP contribution in [0.2, 0.25) is 0 Å². The maximum atomic E-state index is 13.0. The molecular weight excluding hydrogens is 373 g/mol. The van der Waals surface area contributed by atoms with Gasteiger partial charge in [-0.15, -0.1) is 0 Å². The number of likely N-dealkylation sites (N-methyl/N-ethyl adjacent to an activating group) is 1. The summed E-state index contributed by atoms with van der Waals surface area (Å²) in [6.07, 6.45) is 2.09. The van der Waals surface area contributed by atoms with Crippen molar-refractivity contribution in [2.24, 2.45) is 5.92 Å².